The number of carbonyl (C=O) groups excluding carboxylic acids is 1. The van der Waals surface area contributed by atoms with Crippen molar-refractivity contribution in [2.24, 2.45) is 5.92 Å². The molecule has 7 nitrogen and oxygen atoms in total. The lowest BCUT2D eigenvalue weighted by Crippen LogP contribution is -2.49. The maximum atomic E-state index is 12.6. The molecule has 2 aliphatic heterocycles. The highest BCUT2D eigenvalue weighted by atomic mass is 35.5. The first-order valence-electron chi connectivity index (χ1n) is 9.67. The second-order valence-electron chi connectivity index (χ2n) is 7.34. The van der Waals surface area contributed by atoms with Crippen LogP contribution in [-0.4, -0.2) is 66.4 Å². The van der Waals surface area contributed by atoms with Crippen LogP contribution in [0.1, 0.15) is 26.2 Å². The number of piperidine rings is 1. The van der Waals surface area contributed by atoms with Gasteiger partial charge in [-0.25, -0.2) is 0 Å². The van der Waals surface area contributed by atoms with E-state index in [0.29, 0.717) is 23.0 Å². The Bertz CT molecular complexity index is 684. The fraction of sp³-hybridized carbons (Fsp3) is 0.632. The molecular weight excluding hydrogens is 368 g/mol. The SMILES string of the molecule is CCN1CCN(C(=O)CC2CCN(c3ccc(Cl)cc3[N+](=O)[O-])CC2)CC1. The molecule has 2 aliphatic rings. The number of benzene rings is 1. The first-order chi connectivity index (χ1) is 13.0. The summed E-state index contributed by atoms with van der Waals surface area (Å²) in [5.41, 5.74) is 0.663. The van der Waals surface area contributed by atoms with Crippen molar-refractivity contribution in [2.45, 2.75) is 26.2 Å². The van der Waals surface area contributed by atoms with E-state index in [2.05, 4.69) is 11.8 Å². The third kappa shape index (κ3) is 4.90. The van der Waals surface area contributed by atoms with E-state index in [9.17, 15) is 14.9 Å². The van der Waals surface area contributed by atoms with Gasteiger partial charge in [0.2, 0.25) is 5.91 Å². The van der Waals surface area contributed by atoms with Crippen LogP contribution in [0.4, 0.5) is 11.4 Å². The summed E-state index contributed by atoms with van der Waals surface area (Å²) in [5.74, 6) is 0.603. The van der Waals surface area contributed by atoms with E-state index < -0.39 is 0 Å². The van der Waals surface area contributed by atoms with Gasteiger partial charge in [0.15, 0.2) is 0 Å². The van der Waals surface area contributed by atoms with Crippen LogP contribution in [0.25, 0.3) is 0 Å². The highest BCUT2D eigenvalue weighted by Crippen LogP contribution is 2.34. The number of nitrogens with zero attached hydrogens (tertiary/aromatic N) is 4. The zero-order valence-corrected chi connectivity index (χ0v) is 16.5. The molecule has 0 spiro atoms. The van der Waals surface area contributed by atoms with Gasteiger partial charge in [-0.1, -0.05) is 18.5 Å². The van der Waals surface area contributed by atoms with E-state index in [0.717, 1.165) is 58.7 Å². The number of hydrogen-bond acceptors (Lipinski definition) is 5. The molecule has 2 saturated heterocycles. The Hall–Kier alpha value is -1.86. The summed E-state index contributed by atoms with van der Waals surface area (Å²) >= 11 is 5.90. The number of likely N-dealkylation sites (N-methyl/N-ethyl adjacent to an activating group) is 1. The first-order valence-corrected chi connectivity index (χ1v) is 10.0. The van der Waals surface area contributed by atoms with Crippen LogP contribution in [0, 0.1) is 16.0 Å². The van der Waals surface area contributed by atoms with Gasteiger partial charge in [0.05, 0.1) is 4.92 Å². The zero-order chi connectivity index (χ0) is 19.4. The van der Waals surface area contributed by atoms with E-state index in [-0.39, 0.29) is 16.5 Å². The maximum Gasteiger partial charge on any atom is 0.294 e. The first kappa shape index (κ1) is 19.9. The van der Waals surface area contributed by atoms with Gasteiger partial charge in [-0.2, -0.15) is 0 Å². The van der Waals surface area contributed by atoms with Crippen molar-refractivity contribution < 1.29 is 9.72 Å². The number of piperazine rings is 1. The van der Waals surface area contributed by atoms with Gasteiger partial charge >= 0.3 is 0 Å². The van der Waals surface area contributed by atoms with Crippen molar-refractivity contribution in [1.29, 1.82) is 0 Å². The Balaban J connectivity index is 1.52. The minimum absolute atomic E-state index is 0.0471. The van der Waals surface area contributed by atoms with Crippen LogP contribution in [0.5, 0.6) is 0 Å². The fourth-order valence-corrected chi connectivity index (χ4v) is 4.14. The molecule has 27 heavy (non-hydrogen) atoms. The Labute approximate surface area is 165 Å². The van der Waals surface area contributed by atoms with Crippen LogP contribution in [-0.2, 0) is 4.79 Å². The molecule has 1 amide bonds. The molecule has 3 rings (SSSR count). The Kier molecular flexibility index (Phi) is 6.55. The molecule has 0 saturated carbocycles. The second-order valence-corrected chi connectivity index (χ2v) is 7.78. The number of amides is 1. The third-order valence-electron chi connectivity index (χ3n) is 5.72. The number of nitro benzene ring substituents is 1. The van der Waals surface area contributed by atoms with Crippen LogP contribution >= 0.6 is 11.6 Å². The van der Waals surface area contributed by atoms with Crippen molar-refractivity contribution in [3.63, 3.8) is 0 Å². The predicted molar refractivity (Wildman–Crippen MR) is 106 cm³/mol. The van der Waals surface area contributed by atoms with E-state index in [1.54, 1.807) is 12.1 Å². The number of nitro groups is 1. The third-order valence-corrected chi connectivity index (χ3v) is 5.96. The largest absolute Gasteiger partial charge is 0.366 e. The van der Waals surface area contributed by atoms with E-state index in [1.165, 1.54) is 6.07 Å². The van der Waals surface area contributed by atoms with Gasteiger partial charge in [-0.05, 0) is 37.4 Å². The molecule has 0 aliphatic carbocycles. The topological polar surface area (TPSA) is 69.9 Å². The molecule has 2 heterocycles. The van der Waals surface area contributed by atoms with Crippen molar-refractivity contribution in [2.75, 3.05) is 50.7 Å². The summed E-state index contributed by atoms with van der Waals surface area (Å²) in [6.45, 7) is 8.20. The quantitative estimate of drug-likeness (QED) is 0.567. The summed E-state index contributed by atoms with van der Waals surface area (Å²) in [4.78, 5) is 29.9. The zero-order valence-electron chi connectivity index (χ0n) is 15.8. The molecule has 0 atom stereocenters. The highest BCUT2D eigenvalue weighted by Gasteiger charge is 2.28. The minimum atomic E-state index is -0.382. The number of anilines is 1. The minimum Gasteiger partial charge on any atom is -0.366 e. The molecule has 0 aromatic heterocycles. The van der Waals surface area contributed by atoms with Crippen LogP contribution in [0.2, 0.25) is 5.02 Å². The Morgan fingerprint density at radius 1 is 1.19 bits per heavy atom. The summed E-state index contributed by atoms with van der Waals surface area (Å²) in [6, 6.07) is 4.82. The Morgan fingerprint density at radius 2 is 1.85 bits per heavy atom. The number of halogens is 1. The fourth-order valence-electron chi connectivity index (χ4n) is 3.98. The van der Waals surface area contributed by atoms with Crippen molar-refractivity contribution in [3.05, 3.63) is 33.3 Å². The molecular formula is C19H27ClN4O3. The van der Waals surface area contributed by atoms with Gasteiger partial charge in [0.25, 0.3) is 5.69 Å². The van der Waals surface area contributed by atoms with Crippen LogP contribution in [0.3, 0.4) is 0 Å². The molecule has 8 heteroatoms. The molecule has 148 valence electrons. The van der Waals surface area contributed by atoms with Gasteiger partial charge in [0.1, 0.15) is 5.69 Å². The lowest BCUT2D eigenvalue weighted by Gasteiger charge is -2.36. The molecule has 0 radical (unpaired) electrons. The molecule has 0 unspecified atom stereocenters. The van der Waals surface area contributed by atoms with Crippen molar-refractivity contribution >= 4 is 28.9 Å². The summed E-state index contributed by atoms with van der Waals surface area (Å²) < 4.78 is 0. The number of carbonyl (C=O) groups is 1. The molecule has 0 N–H and O–H groups in total. The summed E-state index contributed by atoms with van der Waals surface area (Å²) in [7, 11) is 0. The van der Waals surface area contributed by atoms with E-state index >= 15 is 0 Å². The van der Waals surface area contributed by atoms with Gasteiger partial charge < -0.3 is 14.7 Å². The van der Waals surface area contributed by atoms with Crippen molar-refractivity contribution in [1.82, 2.24) is 9.80 Å². The molecule has 1 aromatic carbocycles. The highest BCUT2D eigenvalue weighted by molar-refractivity contribution is 6.30. The predicted octanol–water partition coefficient (Wildman–Crippen LogP) is 3.02. The monoisotopic (exact) mass is 394 g/mol. The van der Waals surface area contributed by atoms with Crippen molar-refractivity contribution in [3.8, 4) is 0 Å². The lowest BCUT2D eigenvalue weighted by atomic mass is 9.92. The number of rotatable bonds is 5. The van der Waals surface area contributed by atoms with E-state index in [1.807, 2.05) is 9.80 Å². The van der Waals surface area contributed by atoms with Gasteiger partial charge in [-0.15, -0.1) is 0 Å². The molecule has 2 fully saturated rings. The smallest absolute Gasteiger partial charge is 0.294 e. The van der Waals surface area contributed by atoms with Crippen LogP contribution < -0.4 is 4.90 Å². The molecule has 0 bridgehead atoms. The standard InChI is InChI=1S/C19H27ClN4O3/c1-2-21-9-11-23(12-10-21)19(25)13-15-5-7-22(8-6-15)17-4-3-16(20)14-18(17)24(26)27/h3-4,14-15H,2,5-13H2,1H3. The average molecular weight is 395 g/mol. The summed E-state index contributed by atoms with van der Waals surface area (Å²) in [6.07, 6.45) is 2.34. The second kappa shape index (κ2) is 8.89. The van der Waals surface area contributed by atoms with Crippen LogP contribution in [0.15, 0.2) is 18.2 Å². The van der Waals surface area contributed by atoms with Gasteiger partial charge in [0, 0.05) is 56.8 Å². The normalized spacial score (nSPS) is 19.3. The number of hydrogen-bond donors (Lipinski definition) is 0. The Morgan fingerprint density at radius 3 is 2.44 bits per heavy atom. The van der Waals surface area contributed by atoms with E-state index in [4.69, 9.17) is 11.6 Å². The van der Waals surface area contributed by atoms with Gasteiger partial charge in [-0.3, -0.25) is 14.9 Å². The molecule has 1 aromatic rings. The lowest BCUT2D eigenvalue weighted by molar-refractivity contribution is -0.384. The summed E-state index contributed by atoms with van der Waals surface area (Å²) in [5, 5.41) is 11.7. The average Bonchev–Trinajstić information content (AvgIpc) is 2.68. The maximum absolute atomic E-state index is 12.6.